The molecule has 0 spiro atoms. The van der Waals surface area contributed by atoms with Crippen LogP contribution in [0.2, 0.25) is 0 Å². The van der Waals surface area contributed by atoms with Gasteiger partial charge in [-0.25, -0.2) is 0 Å². The summed E-state index contributed by atoms with van der Waals surface area (Å²) in [6, 6.07) is 1.92. The number of nitrogens with zero attached hydrogens (tertiary/aromatic N) is 1. The van der Waals surface area contributed by atoms with E-state index in [1.807, 2.05) is 13.0 Å². The van der Waals surface area contributed by atoms with Crippen molar-refractivity contribution in [1.29, 1.82) is 0 Å². The van der Waals surface area contributed by atoms with Crippen LogP contribution in [0.3, 0.4) is 0 Å². The first-order valence-corrected chi connectivity index (χ1v) is 5.95. The van der Waals surface area contributed by atoms with Gasteiger partial charge < -0.3 is 5.32 Å². The fraction of sp³-hybridized carbons (Fsp3) is 0.538. The maximum Gasteiger partial charge on any atom is 0.227 e. The van der Waals surface area contributed by atoms with Gasteiger partial charge in [-0.15, -0.1) is 0 Å². The Bertz CT molecular complexity index is 420. The molecule has 1 aromatic rings. The highest BCUT2D eigenvalue weighted by Crippen LogP contribution is 2.54. The lowest BCUT2D eigenvalue weighted by molar-refractivity contribution is -0.120. The van der Waals surface area contributed by atoms with Crippen molar-refractivity contribution in [3.8, 4) is 0 Å². The fourth-order valence-corrected chi connectivity index (χ4v) is 2.76. The third-order valence-corrected chi connectivity index (χ3v) is 3.91. The monoisotopic (exact) mass is 216 g/mol. The molecule has 2 atom stereocenters. The Morgan fingerprint density at radius 1 is 1.38 bits per heavy atom. The van der Waals surface area contributed by atoms with Gasteiger partial charge in [0.25, 0.3) is 0 Å². The number of hydrogen-bond acceptors (Lipinski definition) is 2. The second kappa shape index (κ2) is 3.58. The largest absolute Gasteiger partial charge is 0.324 e. The van der Waals surface area contributed by atoms with Crippen LogP contribution in [0.5, 0.6) is 0 Å². The molecule has 3 rings (SSSR count). The van der Waals surface area contributed by atoms with E-state index in [0.717, 1.165) is 35.9 Å². The molecule has 1 amide bonds. The van der Waals surface area contributed by atoms with E-state index in [1.165, 1.54) is 6.42 Å². The number of amides is 1. The molecule has 0 saturated heterocycles. The first kappa shape index (κ1) is 9.82. The lowest BCUT2D eigenvalue weighted by atomic mass is 10.0. The highest BCUT2D eigenvalue weighted by Gasteiger charge is 2.47. The zero-order valence-corrected chi connectivity index (χ0v) is 9.44. The second-order valence-electron chi connectivity index (χ2n) is 5.10. The predicted molar refractivity (Wildman–Crippen MR) is 61.9 cm³/mol. The summed E-state index contributed by atoms with van der Waals surface area (Å²) in [7, 11) is 0. The maximum atomic E-state index is 12.0. The number of fused-ring (bicyclic) bond motifs is 1. The molecule has 1 N–H and O–H groups in total. The lowest BCUT2D eigenvalue weighted by Gasteiger charge is -2.13. The lowest BCUT2D eigenvalue weighted by Crippen LogP contribution is -2.22. The van der Waals surface area contributed by atoms with E-state index in [9.17, 15) is 4.79 Å². The molecule has 16 heavy (non-hydrogen) atoms. The molecule has 0 aliphatic heterocycles. The minimum atomic E-state index is 0.184. The van der Waals surface area contributed by atoms with Gasteiger partial charge >= 0.3 is 0 Å². The van der Waals surface area contributed by atoms with Crippen LogP contribution in [0.15, 0.2) is 18.5 Å². The molecule has 84 valence electrons. The summed E-state index contributed by atoms with van der Waals surface area (Å²) in [6.07, 6.45) is 7.01. The number of rotatable bonds is 2. The summed E-state index contributed by atoms with van der Waals surface area (Å²) >= 11 is 0. The topological polar surface area (TPSA) is 42.0 Å². The van der Waals surface area contributed by atoms with Crippen molar-refractivity contribution < 1.29 is 4.79 Å². The molecule has 0 radical (unpaired) electrons. The van der Waals surface area contributed by atoms with Crippen LogP contribution in [0.4, 0.5) is 5.69 Å². The molecule has 2 aliphatic rings. The van der Waals surface area contributed by atoms with Crippen LogP contribution >= 0.6 is 0 Å². The summed E-state index contributed by atoms with van der Waals surface area (Å²) in [5.74, 6) is 2.13. The molecule has 2 saturated carbocycles. The fourth-order valence-electron chi connectivity index (χ4n) is 2.76. The Hall–Kier alpha value is -1.38. The van der Waals surface area contributed by atoms with Gasteiger partial charge in [0, 0.05) is 12.1 Å². The van der Waals surface area contributed by atoms with Crippen molar-refractivity contribution in [3.63, 3.8) is 0 Å². The Labute approximate surface area is 95.3 Å². The standard InChI is InChI=1S/C13H16N2O/c1-8-2-3-14-7-12(8)15-13(16)11-5-9-4-10(9)6-11/h2-3,7,9-11H,4-6H2,1H3,(H,15,16). The molecule has 2 fully saturated rings. The van der Waals surface area contributed by atoms with E-state index in [1.54, 1.807) is 12.4 Å². The van der Waals surface area contributed by atoms with E-state index >= 15 is 0 Å². The number of carbonyl (C=O) groups excluding carboxylic acids is 1. The SMILES string of the molecule is Cc1ccncc1NC(=O)C1CC2CC2C1. The van der Waals surface area contributed by atoms with Gasteiger partial charge in [0.05, 0.1) is 11.9 Å². The van der Waals surface area contributed by atoms with Gasteiger partial charge in [0.2, 0.25) is 5.91 Å². The highest BCUT2D eigenvalue weighted by atomic mass is 16.1. The van der Waals surface area contributed by atoms with Crippen LogP contribution in [0.1, 0.15) is 24.8 Å². The second-order valence-corrected chi connectivity index (χ2v) is 5.10. The van der Waals surface area contributed by atoms with Crippen molar-refractivity contribution >= 4 is 11.6 Å². The quantitative estimate of drug-likeness (QED) is 0.824. The van der Waals surface area contributed by atoms with Gasteiger partial charge in [0.15, 0.2) is 0 Å². The van der Waals surface area contributed by atoms with E-state index in [0.29, 0.717) is 0 Å². The van der Waals surface area contributed by atoms with Gasteiger partial charge in [0.1, 0.15) is 0 Å². The molecule has 1 heterocycles. The normalized spacial score (nSPS) is 30.9. The van der Waals surface area contributed by atoms with Crippen LogP contribution in [-0.2, 0) is 4.79 Å². The Morgan fingerprint density at radius 3 is 2.81 bits per heavy atom. The number of nitrogens with one attached hydrogen (secondary N) is 1. The average Bonchev–Trinajstić information content (AvgIpc) is 2.89. The number of aromatic nitrogens is 1. The van der Waals surface area contributed by atoms with Crippen molar-refractivity contribution in [1.82, 2.24) is 4.98 Å². The molecule has 0 aromatic carbocycles. The summed E-state index contributed by atoms with van der Waals surface area (Å²) in [5.41, 5.74) is 1.93. The van der Waals surface area contributed by atoms with E-state index in [2.05, 4.69) is 10.3 Å². The maximum absolute atomic E-state index is 12.0. The molecule has 2 unspecified atom stereocenters. The van der Waals surface area contributed by atoms with Crippen molar-refractivity contribution in [2.45, 2.75) is 26.2 Å². The molecule has 3 nitrogen and oxygen atoms in total. The van der Waals surface area contributed by atoms with Crippen LogP contribution in [0.25, 0.3) is 0 Å². The van der Waals surface area contributed by atoms with E-state index in [-0.39, 0.29) is 11.8 Å². The summed E-state index contributed by atoms with van der Waals surface area (Å²) < 4.78 is 0. The zero-order valence-electron chi connectivity index (χ0n) is 9.44. The summed E-state index contributed by atoms with van der Waals surface area (Å²) in [5, 5.41) is 2.99. The molecular weight excluding hydrogens is 200 g/mol. The predicted octanol–water partition coefficient (Wildman–Crippen LogP) is 2.37. The Balaban J connectivity index is 1.66. The molecule has 3 heteroatoms. The van der Waals surface area contributed by atoms with Crippen LogP contribution < -0.4 is 5.32 Å². The Kier molecular flexibility index (Phi) is 2.20. The number of anilines is 1. The average molecular weight is 216 g/mol. The molecular formula is C13H16N2O. The van der Waals surface area contributed by atoms with Crippen molar-refractivity contribution in [2.75, 3.05) is 5.32 Å². The van der Waals surface area contributed by atoms with E-state index in [4.69, 9.17) is 0 Å². The highest BCUT2D eigenvalue weighted by molar-refractivity contribution is 5.93. The zero-order chi connectivity index (χ0) is 11.1. The van der Waals surface area contributed by atoms with Crippen LogP contribution in [-0.4, -0.2) is 10.9 Å². The molecule has 1 aromatic heterocycles. The number of carbonyl (C=O) groups is 1. The minimum absolute atomic E-state index is 0.184. The number of hydrogen-bond donors (Lipinski definition) is 1. The van der Waals surface area contributed by atoms with Gasteiger partial charge in [-0.2, -0.15) is 0 Å². The molecule has 2 aliphatic carbocycles. The third kappa shape index (κ3) is 1.70. The van der Waals surface area contributed by atoms with Gasteiger partial charge in [-0.05, 0) is 49.7 Å². The smallest absolute Gasteiger partial charge is 0.227 e. The van der Waals surface area contributed by atoms with Crippen LogP contribution in [0, 0.1) is 24.7 Å². The van der Waals surface area contributed by atoms with Gasteiger partial charge in [-0.3, -0.25) is 9.78 Å². The molecule has 0 bridgehead atoms. The van der Waals surface area contributed by atoms with Gasteiger partial charge in [-0.1, -0.05) is 0 Å². The van der Waals surface area contributed by atoms with Crippen molar-refractivity contribution in [2.24, 2.45) is 17.8 Å². The summed E-state index contributed by atoms with van der Waals surface area (Å²) in [6.45, 7) is 1.99. The number of aryl methyl sites for hydroxylation is 1. The number of pyridine rings is 1. The first-order chi connectivity index (χ1) is 7.74. The summed E-state index contributed by atoms with van der Waals surface area (Å²) in [4.78, 5) is 16.0. The Morgan fingerprint density at radius 2 is 2.12 bits per heavy atom. The van der Waals surface area contributed by atoms with E-state index < -0.39 is 0 Å². The minimum Gasteiger partial charge on any atom is -0.324 e. The third-order valence-electron chi connectivity index (χ3n) is 3.91. The first-order valence-electron chi connectivity index (χ1n) is 5.95. The van der Waals surface area contributed by atoms with Crippen molar-refractivity contribution in [3.05, 3.63) is 24.0 Å².